The van der Waals surface area contributed by atoms with E-state index in [1.165, 1.54) is 135 Å². The fourth-order valence-electron chi connectivity index (χ4n) is 6.28. The standard InChI is InChI=1S/C45H81NO5/c1-3-5-7-9-11-13-14-15-16-17-18-19-20-21-22-23-24-26-28-30-36-40-45(50)51-42(37-33-29-27-25-12-10-8-6-4-2)38-34-31-32-35-39-43(47)46-41-44(48)49/h17-18,25,27,33,37,42H,3-16,19-24,26,28-32,34-36,38-41H2,1-2H3,(H,46,47)(H,48,49)/b18-17-,27-25-,37-33-. The minimum Gasteiger partial charge on any atom is -0.480 e. The molecule has 2 N–H and O–H groups in total. The number of carboxylic acid groups (broad SMARTS) is 1. The van der Waals surface area contributed by atoms with Crippen LogP contribution in [0.4, 0.5) is 0 Å². The maximum atomic E-state index is 12.7. The summed E-state index contributed by atoms with van der Waals surface area (Å²) in [6, 6.07) is 0. The lowest BCUT2D eigenvalue weighted by Crippen LogP contribution is -2.28. The molecule has 0 spiro atoms. The van der Waals surface area contributed by atoms with E-state index in [0.717, 1.165) is 57.8 Å². The van der Waals surface area contributed by atoms with E-state index in [0.29, 0.717) is 12.8 Å². The Bertz CT molecular complexity index is 880. The molecule has 0 aliphatic carbocycles. The molecule has 0 fully saturated rings. The lowest BCUT2D eigenvalue weighted by Gasteiger charge is -2.14. The molecular formula is C45H81NO5. The summed E-state index contributed by atoms with van der Waals surface area (Å²) in [6.07, 6.45) is 50.1. The minimum atomic E-state index is -1.03. The number of carbonyl (C=O) groups excluding carboxylic acids is 2. The van der Waals surface area contributed by atoms with Gasteiger partial charge in [0.05, 0.1) is 0 Å². The molecule has 0 aromatic heterocycles. The third-order valence-corrected chi connectivity index (χ3v) is 9.52. The second-order valence-electron chi connectivity index (χ2n) is 14.6. The van der Waals surface area contributed by atoms with Gasteiger partial charge in [0.1, 0.15) is 12.6 Å². The van der Waals surface area contributed by atoms with Crippen LogP contribution in [0.15, 0.2) is 36.5 Å². The molecule has 1 atom stereocenters. The van der Waals surface area contributed by atoms with E-state index < -0.39 is 5.97 Å². The summed E-state index contributed by atoms with van der Waals surface area (Å²) >= 11 is 0. The second kappa shape index (κ2) is 40.4. The van der Waals surface area contributed by atoms with Gasteiger partial charge >= 0.3 is 11.9 Å². The highest BCUT2D eigenvalue weighted by Crippen LogP contribution is 2.16. The fraction of sp³-hybridized carbons (Fsp3) is 0.800. The van der Waals surface area contributed by atoms with Gasteiger partial charge in [0.15, 0.2) is 0 Å². The highest BCUT2D eigenvalue weighted by Gasteiger charge is 2.12. The summed E-state index contributed by atoms with van der Waals surface area (Å²) in [5.74, 6) is -1.35. The first-order valence-electron chi connectivity index (χ1n) is 21.6. The fourth-order valence-corrected chi connectivity index (χ4v) is 6.28. The molecule has 0 rings (SSSR count). The molecule has 0 saturated heterocycles. The average molecular weight is 716 g/mol. The number of rotatable bonds is 39. The molecule has 6 heteroatoms. The Morgan fingerprint density at radius 3 is 1.49 bits per heavy atom. The Labute approximate surface area is 315 Å². The SMILES string of the molecule is CCCCCC/C=C\C/C=C\C(CCCCCCC(=O)NCC(=O)O)OC(=O)CCCCCCCCCCC/C=C\CCCCCCCCCC. The largest absolute Gasteiger partial charge is 0.480 e. The van der Waals surface area contributed by atoms with Crippen molar-refractivity contribution in [1.82, 2.24) is 5.32 Å². The van der Waals surface area contributed by atoms with Crippen LogP contribution in [0, 0.1) is 0 Å². The van der Waals surface area contributed by atoms with Crippen molar-refractivity contribution in [2.45, 2.75) is 225 Å². The monoisotopic (exact) mass is 716 g/mol. The maximum absolute atomic E-state index is 12.7. The molecule has 0 aliphatic rings. The lowest BCUT2D eigenvalue weighted by molar-refractivity contribution is -0.147. The van der Waals surface area contributed by atoms with Crippen molar-refractivity contribution in [2.24, 2.45) is 0 Å². The van der Waals surface area contributed by atoms with Crippen molar-refractivity contribution in [3.63, 3.8) is 0 Å². The van der Waals surface area contributed by atoms with Crippen LogP contribution < -0.4 is 5.32 Å². The van der Waals surface area contributed by atoms with Crippen LogP contribution in [-0.2, 0) is 19.1 Å². The number of ether oxygens (including phenoxy) is 1. The second-order valence-corrected chi connectivity index (χ2v) is 14.6. The van der Waals surface area contributed by atoms with Crippen molar-refractivity contribution in [2.75, 3.05) is 6.54 Å². The number of unbranched alkanes of at least 4 members (excludes halogenated alkanes) is 24. The van der Waals surface area contributed by atoms with Gasteiger partial charge in [-0.25, -0.2) is 0 Å². The van der Waals surface area contributed by atoms with E-state index in [1.54, 1.807) is 0 Å². The third kappa shape index (κ3) is 40.3. The molecular weight excluding hydrogens is 634 g/mol. The zero-order chi connectivity index (χ0) is 37.3. The summed E-state index contributed by atoms with van der Waals surface area (Å²) in [5.41, 5.74) is 0. The first-order chi connectivity index (χ1) is 25.0. The number of hydrogen-bond acceptors (Lipinski definition) is 4. The highest BCUT2D eigenvalue weighted by atomic mass is 16.5. The van der Waals surface area contributed by atoms with Gasteiger partial charge in [0.2, 0.25) is 5.91 Å². The highest BCUT2D eigenvalue weighted by molar-refractivity contribution is 5.80. The molecule has 0 aliphatic heterocycles. The van der Waals surface area contributed by atoms with Crippen LogP contribution in [0.5, 0.6) is 0 Å². The van der Waals surface area contributed by atoms with Crippen molar-refractivity contribution < 1.29 is 24.2 Å². The maximum Gasteiger partial charge on any atom is 0.322 e. The summed E-state index contributed by atoms with van der Waals surface area (Å²) in [4.78, 5) is 35.0. The van der Waals surface area contributed by atoms with E-state index in [9.17, 15) is 14.4 Å². The first-order valence-corrected chi connectivity index (χ1v) is 21.6. The van der Waals surface area contributed by atoms with Crippen LogP contribution in [0.3, 0.4) is 0 Å². The summed E-state index contributed by atoms with van der Waals surface area (Å²) in [6.45, 7) is 4.18. The van der Waals surface area contributed by atoms with Gasteiger partial charge in [-0.3, -0.25) is 14.4 Å². The number of amides is 1. The molecule has 0 saturated carbocycles. The van der Waals surface area contributed by atoms with Gasteiger partial charge in [-0.05, 0) is 76.7 Å². The van der Waals surface area contributed by atoms with Crippen molar-refractivity contribution in [1.29, 1.82) is 0 Å². The number of carbonyl (C=O) groups is 3. The number of aliphatic carboxylic acids is 1. The molecule has 1 unspecified atom stereocenters. The Hall–Kier alpha value is -2.37. The Balaban J connectivity index is 4.05. The summed E-state index contributed by atoms with van der Waals surface area (Å²) in [5, 5.41) is 11.1. The number of carboxylic acids is 1. The molecule has 0 heterocycles. The molecule has 296 valence electrons. The van der Waals surface area contributed by atoms with Crippen LogP contribution in [0.25, 0.3) is 0 Å². The lowest BCUT2D eigenvalue weighted by atomic mass is 10.0. The summed E-state index contributed by atoms with van der Waals surface area (Å²) < 4.78 is 5.89. The minimum absolute atomic E-state index is 0.0990. The zero-order valence-electron chi connectivity index (χ0n) is 33.5. The third-order valence-electron chi connectivity index (χ3n) is 9.52. The summed E-state index contributed by atoms with van der Waals surface area (Å²) in [7, 11) is 0. The van der Waals surface area contributed by atoms with Crippen LogP contribution in [0.1, 0.15) is 219 Å². The van der Waals surface area contributed by atoms with Gasteiger partial charge in [-0.15, -0.1) is 0 Å². The number of nitrogens with one attached hydrogen (secondary N) is 1. The zero-order valence-corrected chi connectivity index (χ0v) is 33.5. The smallest absolute Gasteiger partial charge is 0.322 e. The van der Waals surface area contributed by atoms with Crippen molar-refractivity contribution in [3.8, 4) is 0 Å². The van der Waals surface area contributed by atoms with Gasteiger partial charge in [-0.1, -0.05) is 166 Å². The Morgan fingerprint density at radius 1 is 0.529 bits per heavy atom. The van der Waals surface area contributed by atoms with E-state index in [4.69, 9.17) is 9.84 Å². The Kier molecular flexibility index (Phi) is 38.5. The molecule has 51 heavy (non-hydrogen) atoms. The number of esters is 1. The molecule has 0 aromatic rings. The van der Waals surface area contributed by atoms with Crippen molar-refractivity contribution in [3.05, 3.63) is 36.5 Å². The van der Waals surface area contributed by atoms with Gasteiger partial charge in [0.25, 0.3) is 0 Å². The quantitative estimate of drug-likeness (QED) is 0.0375. The molecule has 0 bridgehead atoms. The van der Waals surface area contributed by atoms with Gasteiger partial charge < -0.3 is 15.2 Å². The molecule has 0 radical (unpaired) electrons. The normalized spacial score (nSPS) is 12.4. The molecule has 6 nitrogen and oxygen atoms in total. The van der Waals surface area contributed by atoms with E-state index in [1.807, 2.05) is 6.08 Å². The Morgan fingerprint density at radius 2 is 0.961 bits per heavy atom. The first kappa shape index (κ1) is 48.6. The predicted molar refractivity (Wildman–Crippen MR) is 217 cm³/mol. The predicted octanol–water partition coefficient (Wildman–Crippen LogP) is 13.3. The molecule has 0 aromatic carbocycles. The topological polar surface area (TPSA) is 92.7 Å². The number of hydrogen-bond donors (Lipinski definition) is 2. The molecule has 1 amide bonds. The van der Waals surface area contributed by atoms with Crippen molar-refractivity contribution >= 4 is 17.8 Å². The average Bonchev–Trinajstić information content (AvgIpc) is 3.11. The number of allylic oxidation sites excluding steroid dienone is 5. The van der Waals surface area contributed by atoms with E-state index in [-0.39, 0.29) is 24.5 Å². The van der Waals surface area contributed by atoms with E-state index >= 15 is 0 Å². The van der Waals surface area contributed by atoms with Gasteiger partial charge in [-0.2, -0.15) is 0 Å². The van der Waals surface area contributed by atoms with Gasteiger partial charge in [0, 0.05) is 12.8 Å². The van der Waals surface area contributed by atoms with Crippen LogP contribution >= 0.6 is 0 Å². The van der Waals surface area contributed by atoms with E-state index in [2.05, 4.69) is 49.5 Å². The van der Waals surface area contributed by atoms with Crippen LogP contribution in [0.2, 0.25) is 0 Å². The van der Waals surface area contributed by atoms with Crippen LogP contribution in [-0.4, -0.2) is 35.6 Å².